The van der Waals surface area contributed by atoms with Gasteiger partial charge in [0.1, 0.15) is 5.76 Å². The van der Waals surface area contributed by atoms with Crippen LogP contribution >= 0.6 is 24.0 Å². The summed E-state index contributed by atoms with van der Waals surface area (Å²) in [5, 5.41) is 6.89. The zero-order valence-electron chi connectivity index (χ0n) is 17.5. The van der Waals surface area contributed by atoms with Gasteiger partial charge in [0.15, 0.2) is 5.96 Å². The number of hydrogen-bond acceptors (Lipinski definition) is 3. The summed E-state index contributed by atoms with van der Waals surface area (Å²) in [5.41, 5.74) is 3.90. The third kappa shape index (κ3) is 5.49. The van der Waals surface area contributed by atoms with Crippen LogP contribution in [0.4, 0.5) is 0 Å². The summed E-state index contributed by atoms with van der Waals surface area (Å²) in [7, 11) is 1.81. The lowest BCUT2D eigenvalue weighted by molar-refractivity contribution is 0.291. The maximum absolute atomic E-state index is 5.65. The lowest BCUT2D eigenvalue weighted by Crippen LogP contribution is -2.46. The van der Waals surface area contributed by atoms with Crippen molar-refractivity contribution in [3.63, 3.8) is 0 Å². The summed E-state index contributed by atoms with van der Waals surface area (Å²) in [4.78, 5) is 8.81. The average Bonchev–Trinajstić information content (AvgIpc) is 3.00. The van der Waals surface area contributed by atoms with Crippen LogP contribution in [-0.2, 0) is 12.0 Å². The molecule has 1 aliphatic carbocycles. The van der Waals surface area contributed by atoms with Crippen molar-refractivity contribution in [2.75, 3.05) is 13.6 Å². The second-order valence-electron chi connectivity index (χ2n) is 7.74. The van der Waals surface area contributed by atoms with E-state index in [-0.39, 0.29) is 29.4 Å². The van der Waals surface area contributed by atoms with Crippen LogP contribution in [0.15, 0.2) is 33.7 Å². The molecule has 0 unspecified atom stereocenters. The van der Waals surface area contributed by atoms with Gasteiger partial charge in [0.05, 0.1) is 12.2 Å². The monoisotopic (exact) mass is 496 g/mol. The first kappa shape index (κ1) is 22.7. The minimum absolute atomic E-state index is 0. The molecular formula is C22H33IN4O. The Kier molecular flexibility index (Phi) is 8.34. The fourth-order valence-corrected chi connectivity index (χ4v) is 4.02. The van der Waals surface area contributed by atoms with E-state index >= 15 is 0 Å². The van der Waals surface area contributed by atoms with Gasteiger partial charge in [-0.25, -0.2) is 4.98 Å². The molecule has 1 saturated carbocycles. The molecule has 3 rings (SSSR count). The van der Waals surface area contributed by atoms with Gasteiger partial charge in [-0.2, -0.15) is 0 Å². The zero-order chi connectivity index (χ0) is 19.3. The van der Waals surface area contributed by atoms with Gasteiger partial charge in [0.2, 0.25) is 5.89 Å². The zero-order valence-corrected chi connectivity index (χ0v) is 19.8. The second kappa shape index (κ2) is 10.3. The van der Waals surface area contributed by atoms with Gasteiger partial charge in [-0.1, -0.05) is 49.1 Å². The number of halogens is 1. The first-order chi connectivity index (χ1) is 13.0. The van der Waals surface area contributed by atoms with Crippen LogP contribution in [0.3, 0.4) is 0 Å². The SMILES string of the molecule is CN=C(NCc1nc(C)c(C)o1)NCC1(c2cccc(C)c2)CCCCC1.I. The molecule has 0 amide bonds. The van der Waals surface area contributed by atoms with Gasteiger partial charge in [-0.3, -0.25) is 4.99 Å². The standard InChI is InChI=1S/C22H32N4O.HI/c1-16-9-8-10-19(13-16)22(11-6-5-7-12-22)15-25-21(23-4)24-14-20-26-17(2)18(3)27-20;/h8-10,13H,5-7,11-12,14-15H2,1-4H3,(H2,23,24,25);1H. The molecule has 0 atom stereocenters. The van der Waals surface area contributed by atoms with E-state index in [1.165, 1.54) is 43.2 Å². The first-order valence-electron chi connectivity index (χ1n) is 9.97. The minimum Gasteiger partial charge on any atom is -0.444 e. The molecule has 0 bridgehead atoms. The number of rotatable bonds is 5. The number of nitrogens with one attached hydrogen (secondary N) is 2. The Morgan fingerprint density at radius 2 is 1.89 bits per heavy atom. The maximum atomic E-state index is 5.65. The molecular weight excluding hydrogens is 463 g/mol. The van der Waals surface area contributed by atoms with E-state index in [1.54, 1.807) is 0 Å². The molecule has 5 nitrogen and oxygen atoms in total. The van der Waals surface area contributed by atoms with Crippen molar-refractivity contribution in [3.8, 4) is 0 Å². The highest BCUT2D eigenvalue weighted by atomic mass is 127. The van der Waals surface area contributed by atoms with E-state index < -0.39 is 0 Å². The molecule has 1 heterocycles. The van der Waals surface area contributed by atoms with Gasteiger partial charge >= 0.3 is 0 Å². The summed E-state index contributed by atoms with van der Waals surface area (Å²) in [6, 6.07) is 8.99. The van der Waals surface area contributed by atoms with Crippen LogP contribution in [0, 0.1) is 20.8 Å². The van der Waals surface area contributed by atoms with Crippen molar-refractivity contribution in [2.45, 2.75) is 64.8 Å². The first-order valence-corrected chi connectivity index (χ1v) is 9.97. The van der Waals surface area contributed by atoms with Crippen LogP contribution < -0.4 is 10.6 Å². The minimum atomic E-state index is 0. The van der Waals surface area contributed by atoms with Gasteiger partial charge in [0, 0.05) is 19.0 Å². The third-order valence-electron chi connectivity index (χ3n) is 5.74. The molecule has 154 valence electrons. The Morgan fingerprint density at radius 3 is 2.50 bits per heavy atom. The Bertz CT molecular complexity index is 774. The molecule has 28 heavy (non-hydrogen) atoms. The molecule has 0 spiro atoms. The number of aryl methyl sites for hydroxylation is 3. The van der Waals surface area contributed by atoms with E-state index in [0.29, 0.717) is 12.4 Å². The highest BCUT2D eigenvalue weighted by molar-refractivity contribution is 14.0. The van der Waals surface area contributed by atoms with Crippen LogP contribution in [0.2, 0.25) is 0 Å². The Balaban J connectivity index is 0.00000280. The van der Waals surface area contributed by atoms with Gasteiger partial charge in [-0.15, -0.1) is 24.0 Å². The van der Waals surface area contributed by atoms with E-state index in [1.807, 2.05) is 20.9 Å². The smallest absolute Gasteiger partial charge is 0.214 e. The summed E-state index contributed by atoms with van der Waals surface area (Å²) >= 11 is 0. The Morgan fingerprint density at radius 1 is 1.14 bits per heavy atom. The molecule has 1 aromatic carbocycles. The highest BCUT2D eigenvalue weighted by Crippen LogP contribution is 2.39. The normalized spacial score (nSPS) is 16.4. The Labute approximate surface area is 185 Å². The number of nitrogens with zero attached hydrogens (tertiary/aromatic N) is 2. The highest BCUT2D eigenvalue weighted by Gasteiger charge is 2.34. The quantitative estimate of drug-likeness (QED) is 0.355. The molecule has 6 heteroatoms. The maximum Gasteiger partial charge on any atom is 0.214 e. The van der Waals surface area contributed by atoms with Crippen molar-refractivity contribution in [1.29, 1.82) is 0 Å². The topological polar surface area (TPSA) is 62.5 Å². The lowest BCUT2D eigenvalue weighted by atomic mass is 9.69. The number of benzene rings is 1. The predicted octanol–water partition coefficient (Wildman–Crippen LogP) is 4.78. The summed E-state index contributed by atoms with van der Waals surface area (Å²) in [6.45, 7) is 7.50. The summed E-state index contributed by atoms with van der Waals surface area (Å²) in [6.07, 6.45) is 6.35. The predicted molar refractivity (Wildman–Crippen MR) is 126 cm³/mol. The molecule has 2 N–H and O–H groups in total. The molecule has 0 radical (unpaired) electrons. The second-order valence-corrected chi connectivity index (χ2v) is 7.74. The van der Waals surface area contributed by atoms with Gasteiger partial charge in [0.25, 0.3) is 0 Å². The van der Waals surface area contributed by atoms with E-state index in [4.69, 9.17) is 4.42 Å². The fraction of sp³-hybridized carbons (Fsp3) is 0.545. The van der Waals surface area contributed by atoms with E-state index in [2.05, 4.69) is 51.8 Å². The average molecular weight is 496 g/mol. The van der Waals surface area contributed by atoms with Crippen LogP contribution in [0.1, 0.15) is 60.6 Å². The van der Waals surface area contributed by atoms with E-state index in [9.17, 15) is 0 Å². The van der Waals surface area contributed by atoms with Crippen molar-refractivity contribution in [2.24, 2.45) is 4.99 Å². The van der Waals surface area contributed by atoms with Gasteiger partial charge in [-0.05, 0) is 39.2 Å². The molecule has 0 saturated heterocycles. The number of guanidine groups is 1. The van der Waals surface area contributed by atoms with E-state index in [0.717, 1.165) is 24.0 Å². The number of oxazole rings is 1. The van der Waals surface area contributed by atoms with Crippen molar-refractivity contribution in [1.82, 2.24) is 15.6 Å². The molecule has 1 aromatic heterocycles. The molecule has 0 aliphatic heterocycles. The molecule has 1 fully saturated rings. The summed E-state index contributed by atoms with van der Waals surface area (Å²) < 4.78 is 5.65. The molecule has 2 aromatic rings. The van der Waals surface area contributed by atoms with Gasteiger partial charge < -0.3 is 15.1 Å². The van der Waals surface area contributed by atoms with Crippen LogP contribution in [-0.4, -0.2) is 24.5 Å². The number of aromatic nitrogens is 1. The number of aliphatic imine (C=N–C) groups is 1. The largest absolute Gasteiger partial charge is 0.444 e. The molecule has 1 aliphatic rings. The summed E-state index contributed by atoms with van der Waals surface area (Å²) in [5.74, 6) is 2.36. The van der Waals surface area contributed by atoms with Crippen LogP contribution in [0.5, 0.6) is 0 Å². The lowest BCUT2D eigenvalue weighted by Gasteiger charge is -2.38. The van der Waals surface area contributed by atoms with Crippen LogP contribution in [0.25, 0.3) is 0 Å². The van der Waals surface area contributed by atoms with Crippen molar-refractivity contribution >= 4 is 29.9 Å². The van der Waals surface area contributed by atoms with Crippen molar-refractivity contribution < 1.29 is 4.42 Å². The fourth-order valence-electron chi connectivity index (χ4n) is 4.02. The van der Waals surface area contributed by atoms with Crippen molar-refractivity contribution in [3.05, 3.63) is 52.7 Å². The number of hydrogen-bond donors (Lipinski definition) is 2. The third-order valence-corrected chi connectivity index (χ3v) is 5.74. The Hall–Kier alpha value is -1.57.